The van der Waals surface area contributed by atoms with Gasteiger partial charge in [0.2, 0.25) is 0 Å². The summed E-state index contributed by atoms with van der Waals surface area (Å²) in [5.41, 5.74) is 2.03. The maximum Gasteiger partial charge on any atom is 0.416 e. The van der Waals surface area contributed by atoms with Crippen LogP contribution >= 0.6 is 0 Å². The number of rotatable bonds is 1. The highest BCUT2D eigenvalue weighted by molar-refractivity contribution is 5.56. The molecule has 19 heavy (non-hydrogen) atoms. The van der Waals surface area contributed by atoms with Crippen molar-refractivity contribution in [3.05, 3.63) is 41.2 Å². The normalized spacial score (nSPS) is 15.3. The minimum absolute atomic E-state index is 0.627. The summed E-state index contributed by atoms with van der Waals surface area (Å²) in [6.07, 6.45) is -3.46. The van der Waals surface area contributed by atoms with E-state index >= 15 is 0 Å². The van der Waals surface area contributed by atoms with E-state index in [1.807, 2.05) is 0 Å². The third-order valence-electron chi connectivity index (χ3n) is 3.19. The summed E-state index contributed by atoms with van der Waals surface area (Å²) in [6, 6.07) is 5.05. The van der Waals surface area contributed by atoms with Crippen LogP contribution in [0, 0.1) is 0 Å². The van der Waals surface area contributed by atoms with Gasteiger partial charge in [-0.2, -0.15) is 13.2 Å². The van der Waals surface area contributed by atoms with Crippen LogP contribution in [0.5, 0.6) is 0 Å². The molecule has 0 aliphatic carbocycles. The first-order chi connectivity index (χ1) is 9.04. The third-order valence-corrected chi connectivity index (χ3v) is 3.19. The Hall–Kier alpha value is -1.82. The van der Waals surface area contributed by atoms with Gasteiger partial charge in [-0.25, -0.2) is 4.98 Å². The maximum atomic E-state index is 12.5. The van der Waals surface area contributed by atoms with Crippen molar-refractivity contribution in [2.24, 2.45) is 0 Å². The fourth-order valence-corrected chi connectivity index (χ4v) is 2.17. The smallest absolute Gasteiger partial charge is 0.341 e. The highest BCUT2D eigenvalue weighted by Gasteiger charge is 2.30. The standard InChI is InChI=1S/C13H12F3N3/c14-13(15,16)9-3-1-8(2-4-9)12-18-10-5-6-17-7-11(10)19-12/h1-4,17H,5-7H2,(H,18,19). The van der Waals surface area contributed by atoms with Crippen molar-refractivity contribution in [3.63, 3.8) is 0 Å². The molecule has 1 aromatic carbocycles. The summed E-state index contributed by atoms with van der Waals surface area (Å²) in [5.74, 6) is 0.627. The molecule has 1 aliphatic heterocycles. The Morgan fingerprint density at radius 2 is 1.84 bits per heavy atom. The van der Waals surface area contributed by atoms with Crippen LogP contribution in [0.15, 0.2) is 24.3 Å². The van der Waals surface area contributed by atoms with Gasteiger partial charge in [0.1, 0.15) is 5.82 Å². The van der Waals surface area contributed by atoms with Crippen LogP contribution in [0.3, 0.4) is 0 Å². The summed E-state index contributed by atoms with van der Waals surface area (Å²) in [6.45, 7) is 1.60. The van der Waals surface area contributed by atoms with Crippen LogP contribution in [-0.2, 0) is 19.1 Å². The fourth-order valence-electron chi connectivity index (χ4n) is 2.17. The van der Waals surface area contributed by atoms with E-state index in [4.69, 9.17) is 0 Å². The number of halogens is 3. The monoisotopic (exact) mass is 267 g/mol. The Labute approximate surface area is 107 Å². The van der Waals surface area contributed by atoms with Crippen LogP contribution in [-0.4, -0.2) is 16.5 Å². The topological polar surface area (TPSA) is 40.7 Å². The van der Waals surface area contributed by atoms with E-state index in [1.165, 1.54) is 12.1 Å². The lowest BCUT2D eigenvalue weighted by atomic mass is 10.1. The van der Waals surface area contributed by atoms with Crippen LogP contribution in [0.4, 0.5) is 13.2 Å². The highest BCUT2D eigenvalue weighted by Crippen LogP contribution is 2.30. The molecule has 6 heteroatoms. The molecule has 1 aromatic heterocycles. The van der Waals surface area contributed by atoms with Crippen molar-refractivity contribution < 1.29 is 13.2 Å². The van der Waals surface area contributed by atoms with E-state index in [0.717, 1.165) is 43.0 Å². The first kappa shape index (κ1) is 12.2. The van der Waals surface area contributed by atoms with E-state index in [1.54, 1.807) is 0 Å². The molecule has 0 amide bonds. The molecule has 1 aliphatic rings. The molecule has 0 radical (unpaired) electrons. The number of fused-ring (bicyclic) bond motifs is 1. The van der Waals surface area contributed by atoms with Gasteiger partial charge >= 0.3 is 6.18 Å². The highest BCUT2D eigenvalue weighted by atomic mass is 19.4. The minimum Gasteiger partial charge on any atom is -0.341 e. The van der Waals surface area contributed by atoms with Gasteiger partial charge in [0.05, 0.1) is 17.0 Å². The zero-order valence-corrected chi connectivity index (χ0v) is 10.0. The van der Waals surface area contributed by atoms with Gasteiger partial charge in [-0.15, -0.1) is 0 Å². The quantitative estimate of drug-likeness (QED) is 0.834. The third kappa shape index (κ3) is 2.35. The molecule has 0 spiro atoms. The van der Waals surface area contributed by atoms with Crippen molar-refractivity contribution in [1.82, 2.24) is 15.3 Å². The van der Waals surface area contributed by atoms with Gasteiger partial charge in [-0.1, -0.05) is 12.1 Å². The predicted molar refractivity (Wildman–Crippen MR) is 64.4 cm³/mol. The number of H-pyrrole nitrogens is 1. The zero-order valence-electron chi connectivity index (χ0n) is 10.0. The molecule has 0 fully saturated rings. The van der Waals surface area contributed by atoms with Gasteiger partial charge in [0.25, 0.3) is 0 Å². The Balaban J connectivity index is 1.92. The van der Waals surface area contributed by atoms with Crippen molar-refractivity contribution in [2.45, 2.75) is 19.1 Å². The number of alkyl halides is 3. The second kappa shape index (κ2) is 4.38. The minimum atomic E-state index is -4.30. The van der Waals surface area contributed by atoms with E-state index in [9.17, 15) is 13.2 Å². The molecular weight excluding hydrogens is 255 g/mol. The number of hydrogen-bond acceptors (Lipinski definition) is 2. The largest absolute Gasteiger partial charge is 0.416 e. The Morgan fingerprint density at radius 3 is 2.47 bits per heavy atom. The van der Waals surface area contributed by atoms with E-state index in [0.29, 0.717) is 11.4 Å². The summed E-state index contributed by atoms with van der Waals surface area (Å²) >= 11 is 0. The van der Waals surface area contributed by atoms with E-state index in [-0.39, 0.29) is 0 Å². The van der Waals surface area contributed by atoms with Crippen LogP contribution in [0.25, 0.3) is 11.4 Å². The summed E-state index contributed by atoms with van der Waals surface area (Å²) in [5, 5.41) is 3.21. The number of nitrogens with one attached hydrogen (secondary N) is 2. The average Bonchev–Trinajstić information content (AvgIpc) is 2.81. The first-order valence-electron chi connectivity index (χ1n) is 6.00. The number of hydrogen-bond donors (Lipinski definition) is 2. The predicted octanol–water partition coefficient (Wildman–Crippen LogP) is 2.74. The van der Waals surface area contributed by atoms with Crippen molar-refractivity contribution >= 4 is 0 Å². The van der Waals surface area contributed by atoms with Gasteiger partial charge in [0, 0.05) is 25.1 Å². The summed E-state index contributed by atoms with van der Waals surface area (Å²) in [7, 11) is 0. The average molecular weight is 267 g/mol. The number of benzene rings is 1. The molecule has 2 heterocycles. The molecule has 0 unspecified atom stereocenters. The maximum absolute atomic E-state index is 12.5. The fraction of sp³-hybridized carbons (Fsp3) is 0.308. The molecule has 3 rings (SSSR count). The van der Waals surface area contributed by atoms with Crippen molar-refractivity contribution in [3.8, 4) is 11.4 Å². The molecule has 100 valence electrons. The zero-order chi connectivity index (χ0) is 13.5. The SMILES string of the molecule is FC(F)(F)c1ccc(-c2nc3c([nH]2)CNCC3)cc1. The van der Waals surface area contributed by atoms with E-state index in [2.05, 4.69) is 15.3 Å². The molecule has 0 atom stereocenters. The Morgan fingerprint density at radius 1 is 1.11 bits per heavy atom. The summed E-state index contributed by atoms with van der Waals surface area (Å²) < 4.78 is 37.4. The molecule has 2 aromatic rings. The second-order valence-corrected chi connectivity index (χ2v) is 4.51. The van der Waals surface area contributed by atoms with E-state index < -0.39 is 11.7 Å². The van der Waals surface area contributed by atoms with Gasteiger partial charge in [-0.05, 0) is 12.1 Å². The molecule has 2 N–H and O–H groups in total. The molecule has 0 saturated carbocycles. The Kier molecular flexibility index (Phi) is 2.82. The number of aromatic nitrogens is 2. The molecule has 0 bridgehead atoms. The summed E-state index contributed by atoms with van der Waals surface area (Å²) in [4.78, 5) is 7.59. The van der Waals surface area contributed by atoms with Crippen LogP contribution in [0.2, 0.25) is 0 Å². The molecular formula is C13H12F3N3. The lowest BCUT2D eigenvalue weighted by Crippen LogP contribution is -2.23. The van der Waals surface area contributed by atoms with Crippen molar-refractivity contribution in [2.75, 3.05) is 6.54 Å². The second-order valence-electron chi connectivity index (χ2n) is 4.51. The van der Waals surface area contributed by atoms with Gasteiger partial charge in [0.15, 0.2) is 0 Å². The van der Waals surface area contributed by atoms with Crippen LogP contribution < -0.4 is 5.32 Å². The van der Waals surface area contributed by atoms with Crippen LogP contribution in [0.1, 0.15) is 17.0 Å². The van der Waals surface area contributed by atoms with Gasteiger partial charge < -0.3 is 10.3 Å². The Bertz CT molecular complexity index is 561. The molecule has 0 saturated heterocycles. The van der Waals surface area contributed by atoms with Gasteiger partial charge in [-0.3, -0.25) is 0 Å². The first-order valence-corrected chi connectivity index (χ1v) is 6.00. The number of nitrogens with zero attached hydrogens (tertiary/aromatic N) is 1. The lowest BCUT2D eigenvalue weighted by Gasteiger charge is -2.09. The van der Waals surface area contributed by atoms with Crippen molar-refractivity contribution in [1.29, 1.82) is 0 Å². The lowest BCUT2D eigenvalue weighted by molar-refractivity contribution is -0.137. The number of aromatic amines is 1. The molecule has 3 nitrogen and oxygen atoms in total. The number of imidazole rings is 1.